The summed E-state index contributed by atoms with van der Waals surface area (Å²) in [4.78, 5) is 15.1. The molecular weight excluding hydrogens is 397 g/mol. The van der Waals surface area contributed by atoms with Crippen molar-refractivity contribution in [3.63, 3.8) is 0 Å². The molecule has 0 aliphatic carbocycles. The minimum absolute atomic E-state index is 0.0736. The largest absolute Gasteiger partial charge is 0.488 e. The molecule has 1 amide bonds. The summed E-state index contributed by atoms with van der Waals surface area (Å²) in [5.41, 5.74) is 0.947. The van der Waals surface area contributed by atoms with E-state index in [0.717, 1.165) is 44.0 Å². The molecule has 0 aromatic heterocycles. The van der Waals surface area contributed by atoms with Crippen LogP contribution in [0.1, 0.15) is 5.56 Å². The lowest BCUT2D eigenvalue weighted by atomic mass is 10.2. The van der Waals surface area contributed by atoms with Crippen LogP contribution in [-0.4, -0.2) is 51.8 Å². The number of nitrogens with one attached hydrogen (secondary N) is 3. The highest BCUT2D eigenvalue weighted by Gasteiger charge is 2.24. The van der Waals surface area contributed by atoms with E-state index in [4.69, 9.17) is 27.9 Å². The van der Waals surface area contributed by atoms with E-state index < -0.39 is 0 Å². The lowest BCUT2D eigenvalue weighted by Gasteiger charge is -2.29. The lowest BCUT2D eigenvalue weighted by Crippen LogP contribution is -3.28. The summed E-state index contributed by atoms with van der Waals surface area (Å²) >= 11 is 12.0. The maximum absolute atomic E-state index is 12.2. The maximum atomic E-state index is 12.2. The first-order valence-electron chi connectivity index (χ1n) is 9.66. The van der Waals surface area contributed by atoms with Crippen LogP contribution in [0.25, 0.3) is 0 Å². The van der Waals surface area contributed by atoms with Gasteiger partial charge in [-0.15, -0.1) is 0 Å². The Morgan fingerprint density at radius 2 is 1.64 bits per heavy atom. The van der Waals surface area contributed by atoms with Crippen molar-refractivity contribution in [2.45, 2.75) is 6.54 Å². The van der Waals surface area contributed by atoms with Crippen molar-refractivity contribution in [2.24, 2.45) is 0 Å². The third kappa shape index (κ3) is 6.67. The van der Waals surface area contributed by atoms with Crippen LogP contribution in [0.2, 0.25) is 10.0 Å². The average Bonchev–Trinajstić information content (AvgIpc) is 2.70. The number of quaternary nitrogens is 2. The molecule has 150 valence electrons. The minimum Gasteiger partial charge on any atom is -0.488 e. The molecule has 0 spiro atoms. The Balaban J connectivity index is 1.31. The van der Waals surface area contributed by atoms with Gasteiger partial charge in [-0.25, -0.2) is 0 Å². The second-order valence-corrected chi connectivity index (χ2v) is 7.94. The zero-order valence-corrected chi connectivity index (χ0v) is 17.4. The van der Waals surface area contributed by atoms with Crippen molar-refractivity contribution >= 4 is 29.1 Å². The molecule has 0 saturated carbocycles. The zero-order valence-electron chi connectivity index (χ0n) is 15.8. The van der Waals surface area contributed by atoms with Gasteiger partial charge in [0, 0.05) is 16.6 Å². The molecule has 1 aliphatic rings. The normalized spacial score (nSPS) is 19.2. The van der Waals surface area contributed by atoms with Gasteiger partial charge >= 0.3 is 0 Å². The highest BCUT2D eigenvalue weighted by Crippen LogP contribution is 2.15. The highest BCUT2D eigenvalue weighted by atomic mass is 35.5. The summed E-state index contributed by atoms with van der Waals surface area (Å²) in [5.74, 6) is 0.924. The third-order valence-corrected chi connectivity index (χ3v) is 5.67. The summed E-state index contributed by atoms with van der Waals surface area (Å²) in [7, 11) is 0. The molecule has 3 N–H and O–H groups in total. The molecule has 28 heavy (non-hydrogen) atoms. The smallest absolute Gasteiger partial charge is 0.275 e. The summed E-state index contributed by atoms with van der Waals surface area (Å²) in [6, 6.07) is 15.0. The number of rotatable bonds is 8. The molecule has 0 atom stereocenters. The molecule has 0 unspecified atom stereocenters. The minimum atomic E-state index is 0.0736. The number of piperazine rings is 1. The maximum Gasteiger partial charge on any atom is 0.275 e. The van der Waals surface area contributed by atoms with E-state index in [1.165, 1.54) is 9.80 Å². The Morgan fingerprint density at radius 3 is 2.36 bits per heavy atom. The summed E-state index contributed by atoms with van der Waals surface area (Å²) in [5, 5.41) is 4.38. The molecule has 1 saturated heterocycles. The molecule has 2 aromatic rings. The Morgan fingerprint density at radius 1 is 0.964 bits per heavy atom. The predicted octanol–water partition coefficient (Wildman–Crippen LogP) is 0.472. The highest BCUT2D eigenvalue weighted by molar-refractivity contribution is 6.31. The van der Waals surface area contributed by atoms with Crippen LogP contribution < -0.4 is 19.9 Å². The Kier molecular flexibility index (Phi) is 7.98. The zero-order chi connectivity index (χ0) is 19.8. The first-order valence-corrected chi connectivity index (χ1v) is 10.4. The van der Waals surface area contributed by atoms with E-state index in [2.05, 4.69) is 5.32 Å². The Labute approximate surface area is 176 Å². The van der Waals surface area contributed by atoms with Gasteiger partial charge in [0.2, 0.25) is 0 Å². The van der Waals surface area contributed by atoms with Gasteiger partial charge in [0.25, 0.3) is 5.91 Å². The average molecular weight is 424 g/mol. The van der Waals surface area contributed by atoms with Crippen molar-refractivity contribution in [3.05, 3.63) is 64.1 Å². The number of halogens is 2. The molecule has 0 radical (unpaired) electrons. The van der Waals surface area contributed by atoms with Crippen LogP contribution in [0.5, 0.6) is 5.75 Å². The van der Waals surface area contributed by atoms with Crippen molar-refractivity contribution in [2.75, 3.05) is 45.9 Å². The van der Waals surface area contributed by atoms with E-state index in [9.17, 15) is 4.79 Å². The topological polar surface area (TPSA) is 47.2 Å². The first kappa shape index (κ1) is 20.9. The van der Waals surface area contributed by atoms with Crippen LogP contribution in [0.15, 0.2) is 48.5 Å². The van der Waals surface area contributed by atoms with Crippen molar-refractivity contribution < 1.29 is 19.3 Å². The molecule has 1 fully saturated rings. The van der Waals surface area contributed by atoms with E-state index in [0.29, 0.717) is 29.7 Å². The molecule has 5 nitrogen and oxygen atoms in total. The van der Waals surface area contributed by atoms with Gasteiger partial charge in [-0.05, 0) is 35.9 Å². The molecule has 0 bridgehead atoms. The van der Waals surface area contributed by atoms with Gasteiger partial charge in [0.05, 0.1) is 0 Å². The fourth-order valence-electron chi connectivity index (χ4n) is 3.35. The van der Waals surface area contributed by atoms with Gasteiger partial charge in [-0.3, -0.25) is 4.79 Å². The van der Waals surface area contributed by atoms with Crippen LogP contribution >= 0.6 is 23.2 Å². The van der Waals surface area contributed by atoms with Crippen LogP contribution in [0, 0.1) is 0 Å². The number of carbonyl (C=O) groups is 1. The molecule has 7 heteroatoms. The predicted molar refractivity (Wildman–Crippen MR) is 111 cm³/mol. The van der Waals surface area contributed by atoms with Crippen molar-refractivity contribution in [3.8, 4) is 5.75 Å². The fraction of sp³-hybridized carbons (Fsp3) is 0.381. The van der Waals surface area contributed by atoms with Gasteiger partial charge in [0.15, 0.2) is 6.54 Å². The Hall–Kier alpha value is -1.79. The quantitative estimate of drug-likeness (QED) is 0.577. The van der Waals surface area contributed by atoms with Gasteiger partial charge in [0.1, 0.15) is 45.1 Å². The van der Waals surface area contributed by atoms with E-state index in [1.54, 1.807) is 0 Å². The van der Waals surface area contributed by atoms with Crippen LogP contribution in [0.3, 0.4) is 0 Å². The second kappa shape index (κ2) is 10.7. The first-order chi connectivity index (χ1) is 13.6. The van der Waals surface area contributed by atoms with E-state index in [1.807, 2.05) is 48.5 Å². The van der Waals surface area contributed by atoms with Crippen LogP contribution in [-0.2, 0) is 11.3 Å². The van der Waals surface area contributed by atoms with Gasteiger partial charge in [-0.2, -0.15) is 0 Å². The summed E-state index contributed by atoms with van der Waals surface area (Å²) in [6.07, 6.45) is 0. The molecule has 3 rings (SSSR count). The lowest BCUT2D eigenvalue weighted by molar-refractivity contribution is -1.01. The standard InChI is InChI=1S/C21H25Cl2N3O2/c22-18-5-7-19(8-6-18)28-14-13-25-9-11-26(12-10-25)16-21(27)24-15-17-3-1-2-4-20(17)23/h1-8H,9-16H2,(H,24,27)/p+2. The molecular formula is C21H27Cl2N3O2+2. The summed E-state index contributed by atoms with van der Waals surface area (Å²) < 4.78 is 5.78. The third-order valence-electron chi connectivity index (χ3n) is 5.05. The number of hydrogen-bond acceptors (Lipinski definition) is 2. The van der Waals surface area contributed by atoms with Crippen LogP contribution in [0.4, 0.5) is 0 Å². The second-order valence-electron chi connectivity index (χ2n) is 7.10. The number of hydrogen-bond donors (Lipinski definition) is 3. The number of carbonyl (C=O) groups excluding carboxylic acids is 1. The number of amides is 1. The summed E-state index contributed by atoms with van der Waals surface area (Å²) in [6.45, 7) is 6.74. The monoisotopic (exact) mass is 423 g/mol. The molecule has 2 aromatic carbocycles. The van der Waals surface area contributed by atoms with Crippen molar-refractivity contribution in [1.29, 1.82) is 0 Å². The van der Waals surface area contributed by atoms with Crippen molar-refractivity contribution in [1.82, 2.24) is 5.32 Å². The van der Waals surface area contributed by atoms with E-state index >= 15 is 0 Å². The SMILES string of the molecule is O=C(C[NH+]1CC[NH+](CCOc2ccc(Cl)cc2)CC1)NCc1ccccc1Cl. The van der Waals surface area contributed by atoms with Gasteiger partial charge in [-0.1, -0.05) is 41.4 Å². The van der Waals surface area contributed by atoms with Gasteiger partial charge < -0.3 is 19.9 Å². The Bertz CT molecular complexity index is 763. The fourth-order valence-corrected chi connectivity index (χ4v) is 3.68. The molecule has 1 heterocycles. The number of benzene rings is 2. The number of ether oxygens (including phenoxy) is 1. The van der Waals surface area contributed by atoms with E-state index in [-0.39, 0.29) is 5.91 Å². The molecule has 1 aliphatic heterocycles.